The van der Waals surface area contributed by atoms with E-state index in [-0.39, 0.29) is 15.8 Å². The van der Waals surface area contributed by atoms with Gasteiger partial charge in [0.2, 0.25) is 5.72 Å². The topological polar surface area (TPSA) is 243 Å². The van der Waals surface area contributed by atoms with Gasteiger partial charge in [-0.05, 0) is 80.4 Å². The van der Waals surface area contributed by atoms with Gasteiger partial charge in [-0.2, -0.15) is 21.8 Å². The lowest BCUT2D eigenvalue weighted by Gasteiger charge is -2.15. The van der Waals surface area contributed by atoms with Crippen LogP contribution in [0, 0.1) is 13.8 Å². The number of ether oxygens (including phenoxy) is 2. The maximum Gasteiger partial charge on any atom is 0.294 e. The molecule has 0 radical (unpaired) electrons. The molecule has 0 amide bonds. The largest absolute Gasteiger partial charge is 0.485 e. The van der Waals surface area contributed by atoms with Crippen molar-refractivity contribution in [3.8, 4) is 5.75 Å². The van der Waals surface area contributed by atoms with Crippen LogP contribution in [0.15, 0.2) is 118 Å². The highest BCUT2D eigenvalue weighted by Crippen LogP contribution is 2.32. The molecule has 16 nitrogen and oxygen atoms in total. The predicted octanol–water partition coefficient (Wildman–Crippen LogP) is 6.37. The van der Waals surface area contributed by atoms with Gasteiger partial charge >= 0.3 is 0 Å². The van der Waals surface area contributed by atoms with Crippen molar-refractivity contribution in [2.75, 3.05) is 10.6 Å². The quantitative estimate of drug-likeness (QED) is 0.0912. The summed E-state index contributed by atoms with van der Waals surface area (Å²) in [5, 5.41) is 29.8. The first-order chi connectivity index (χ1) is 26.4. The van der Waals surface area contributed by atoms with Crippen LogP contribution in [0.5, 0.6) is 5.75 Å². The fourth-order valence-corrected chi connectivity index (χ4v) is 7.12. The van der Waals surface area contributed by atoms with E-state index in [1.807, 2.05) is 11.4 Å². The van der Waals surface area contributed by atoms with Crippen molar-refractivity contribution < 1.29 is 45.6 Å². The van der Waals surface area contributed by atoms with E-state index in [2.05, 4.69) is 30.6 Å². The number of aliphatic hydroxyl groups excluding tert-OH is 1. The highest BCUT2D eigenvalue weighted by molar-refractivity contribution is 7.86. The zero-order valence-corrected chi connectivity index (χ0v) is 32.9. The normalized spacial score (nSPS) is 16.4. The van der Waals surface area contributed by atoms with Crippen molar-refractivity contribution in [1.29, 1.82) is 0 Å². The van der Waals surface area contributed by atoms with Crippen LogP contribution in [0.3, 0.4) is 0 Å². The molecule has 2 unspecified atom stereocenters. The number of nitrogens with zero attached hydrogens (tertiary/aromatic N) is 4. The van der Waals surface area contributed by atoms with Crippen LogP contribution in [0.2, 0.25) is 5.02 Å². The van der Waals surface area contributed by atoms with E-state index in [1.54, 1.807) is 86.8 Å². The molecule has 7 rings (SSSR count). The number of nitrogens with one attached hydrogen (secondary N) is 2. The number of aliphatic imine (C=N–C) groups is 1. The summed E-state index contributed by atoms with van der Waals surface area (Å²) in [7, 11) is -8.07. The number of benzene rings is 4. The standard InChI is InChI=1S/C22H19ClN6O4S.2C7H8O3S/c1-22(31)20(30)33-21(29-22)28-12-2-4-16-14(8-12)19(26-11-25-16)27-13-3-5-17(15(23)9-13)32-10-18-24-6-7-34-18;2*1-6-4-2-3-5-7(6)11(8,9)10/h2-9,11,20,30-31H,10H2,1H3,(H,28,29)(H,25,26,27);2*2-5H,1H3,(H,8,9,10). The Labute approximate surface area is 331 Å². The molecule has 56 heavy (non-hydrogen) atoms. The molecule has 4 aromatic carbocycles. The molecule has 20 heteroatoms. The lowest BCUT2D eigenvalue weighted by atomic mass is 10.2. The van der Waals surface area contributed by atoms with Gasteiger partial charge in [0.25, 0.3) is 32.5 Å². The Balaban J connectivity index is 0.000000222. The third kappa shape index (κ3) is 11.2. The first-order valence-corrected chi connectivity index (χ1v) is 20.4. The molecule has 0 saturated carbocycles. The smallest absolute Gasteiger partial charge is 0.294 e. The van der Waals surface area contributed by atoms with Crippen molar-refractivity contribution in [3.05, 3.63) is 124 Å². The number of hydrogen-bond donors (Lipinski definition) is 6. The first kappa shape index (κ1) is 41.9. The van der Waals surface area contributed by atoms with Crippen molar-refractivity contribution in [2.24, 2.45) is 4.99 Å². The van der Waals surface area contributed by atoms with Gasteiger partial charge < -0.3 is 30.3 Å². The number of aromatic nitrogens is 3. The molecule has 3 heterocycles. The molecule has 0 spiro atoms. The number of amidine groups is 1. The Bertz CT molecular complexity index is 2500. The Morgan fingerprint density at radius 1 is 0.857 bits per heavy atom. The highest BCUT2D eigenvalue weighted by atomic mass is 35.5. The number of thiazole rings is 1. The van der Waals surface area contributed by atoms with Gasteiger partial charge in [-0.1, -0.05) is 48.0 Å². The molecule has 2 aromatic heterocycles. The monoisotopic (exact) mass is 842 g/mol. The molecule has 1 aliphatic heterocycles. The Hall–Kier alpha value is -5.25. The summed E-state index contributed by atoms with van der Waals surface area (Å²) in [6.07, 6.45) is 1.74. The summed E-state index contributed by atoms with van der Waals surface area (Å²) >= 11 is 7.93. The summed E-state index contributed by atoms with van der Waals surface area (Å²) in [6, 6.07) is 23.3. The van der Waals surface area contributed by atoms with Gasteiger partial charge in [0.15, 0.2) is 0 Å². The fraction of sp³-hybridized carbons (Fsp3) is 0.167. The minimum absolute atomic E-state index is 0.00308. The van der Waals surface area contributed by atoms with Crippen LogP contribution in [-0.2, 0) is 31.6 Å². The minimum Gasteiger partial charge on any atom is -0.485 e. The molecule has 6 aromatic rings. The zero-order valence-electron chi connectivity index (χ0n) is 29.7. The van der Waals surface area contributed by atoms with E-state index in [0.717, 1.165) is 10.4 Å². The number of aliphatic hydroxyl groups is 2. The first-order valence-electron chi connectivity index (χ1n) is 16.2. The molecule has 6 N–H and O–H groups in total. The molecule has 0 fully saturated rings. The minimum atomic E-state index is -4.03. The molecule has 0 aliphatic carbocycles. The molecular weight excluding hydrogens is 808 g/mol. The molecule has 1 aliphatic rings. The number of halogens is 1. The van der Waals surface area contributed by atoms with Crippen LogP contribution >= 0.6 is 22.9 Å². The van der Waals surface area contributed by atoms with E-state index in [4.69, 9.17) is 30.2 Å². The summed E-state index contributed by atoms with van der Waals surface area (Å²) in [6.45, 7) is 4.95. The van der Waals surface area contributed by atoms with Gasteiger partial charge in [-0.25, -0.2) is 15.0 Å². The van der Waals surface area contributed by atoms with Crippen LogP contribution < -0.4 is 15.4 Å². The molecule has 294 valence electrons. The van der Waals surface area contributed by atoms with Crippen molar-refractivity contribution in [3.63, 3.8) is 0 Å². The van der Waals surface area contributed by atoms with Gasteiger partial charge in [0.05, 0.1) is 20.3 Å². The maximum atomic E-state index is 10.6. The molecule has 2 atom stereocenters. The third-order valence-electron chi connectivity index (χ3n) is 7.68. The van der Waals surface area contributed by atoms with Gasteiger partial charge in [-0.15, -0.1) is 11.3 Å². The Morgan fingerprint density at radius 3 is 1.98 bits per heavy atom. The maximum absolute atomic E-state index is 10.6. The molecule has 0 bridgehead atoms. The molecule has 0 saturated heterocycles. The second kappa shape index (κ2) is 17.7. The summed E-state index contributed by atoms with van der Waals surface area (Å²) < 4.78 is 70.6. The van der Waals surface area contributed by atoms with Gasteiger partial charge in [0.1, 0.15) is 29.5 Å². The van der Waals surface area contributed by atoms with Crippen molar-refractivity contribution in [2.45, 2.75) is 49.2 Å². The van der Waals surface area contributed by atoms with Crippen LogP contribution in [0.25, 0.3) is 10.9 Å². The number of anilines is 3. The summed E-state index contributed by atoms with van der Waals surface area (Å²) in [4.78, 5) is 16.7. The van der Waals surface area contributed by atoms with E-state index >= 15 is 0 Å². The zero-order chi connectivity index (χ0) is 40.7. The van der Waals surface area contributed by atoms with E-state index in [9.17, 15) is 27.0 Å². The predicted molar refractivity (Wildman–Crippen MR) is 211 cm³/mol. The van der Waals surface area contributed by atoms with Gasteiger partial charge in [0, 0.05) is 28.3 Å². The second-order valence-corrected chi connectivity index (χ2v) is 16.2. The van der Waals surface area contributed by atoms with Crippen molar-refractivity contribution in [1.82, 2.24) is 15.0 Å². The number of aryl methyl sites for hydroxylation is 2. The lowest BCUT2D eigenvalue weighted by Crippen LogP contribution is -2.34. The molecular formula is C36H35ClN6O10S3. The van der Waals surface area contributed by atoms with Crippen LogP contribution in [0.4, 0.5) is 17.2 Å². The Kier molecular flexibility index (Phi) is 13.2. The highest BCUT2D eigenvalue weighted by Gasteiger charge is 2.39. The average molecular weight is 843 g/mol. The number of hydrogen-bond acceptors (Lipinski definition) is 15. The second-order valence-electron chi connectivity index (χ2n) is 12.0. The van der Waals surface area contributed by atoms with E-state index in [0.29, 0.717) is 51.2 Å². The SMILES string of the molecule is CC1(O)N=C(Nc2ccc3ncnc(Nc4ccc(OCc5nccs5)c(Cl)c4)c3c2)OC1O.Cc1ccccc1S(=O)(=O)O.Cc1ccccc1S(=O)(=O)O. The van der Waals surface area contributed by atoms with Crippen LogP contribution in [0.1, 0.15) is 23.1 Å². The average Bonchev–Trinajstić information content (AvgIpc) is 3.74. The third-order valence-corrected chi connectivity index (χ3v) is 10.8. The summed E-state index contributed by atoms with van der Waals surface area (Å²) in [5.74, 6) is 1.11. The Morgan fingerprint density at radius 2 is 1.46 bits per heavy atom. The van der Waals surface area contributed by atoms with E-state index in [1.165, 1.54) is 36.7 Å². The van der Waals surface area contributed by atoms with E-state index < -0.39 is 32.3 Å². The van der Waals surface area contributed by atoms with Crippen molar-refractivity contribution >= 4 is 77.3 Å². The fourth-order valence-electron chi connectivity index (χ4n) is 4.91. The number of fused-ring (bicyclic) bond motifs is 1. The lowest BCUT2D eigenvalue weighted by molar-refractivity contribution is -0.140. The summed E-state index contributed by atoms with van der Waals surface area (Å²) in [5.41, 5.74) is 1.42. The number of rotatable bonds is 8. The van der Waals surface area contributed by atoms with Crippen LogP contribution in [-0.4, -0.2) is 69.1 Å². The van der Waals surface area contributed by atoms with Gasteiger partial charge in [-0.3, -0.25) is 9.11 Å².